The molecule has 2 aromatic rings. The van der Waals surface area contributed by atoms with Gasteiger partial charge in [-0.25, -0.2) is 0 Å². The first-order chi connectivity index (χ1) is 9.43. The van der Waals surface area contributed by atoms with E-state index in [1.807, 2.05) is 0 Å². The lowest BCUT2D eigenvalue weighted by atomic mass is 10.0. The second-order valence-corrected chi connectivity index (χ2v) is 4.91. The molecule has 2 aliphatic heterocycles. The molecular formula is C17H19NO. The van der Waals surface area contributed by atoms with Gasteiger partial charge in [0.1, 0.15) is 0 Å². The summed E-state index contributed by atoms with van der Waals surface area (Å²) in [6.45, 7) is 2.80. The van der Waals surface area contributed by atoms with E-state index in [1.165, 1.54) is 28.8 Å². The highest BCUT2D eigenvalue weighted by atomic mass is 16.5. The van der Waals surface area contributed by atoms with Crippen molar-refractivity contribution in [2.24, 2.45) is 0 Å². The number of fused-ring (bicyclic) bond motifs is 2. The quantitative estimate of drug-likeness (QED) is 0.777. The normalized spacial score (nSPS) is 15.6. The van der Waals surface area contributed by atoms with Gasteiger partial charge < -0.3 is 10.1 Å². The van der Waals surface area contributed by atoms with Crippen molar-refractivity contribution in [3.63, 3.8) is 0 Å². The molecule has 2 aromatic carbocycles. The van der Waals surface area contributed by atoms with Gasteiger partial charge in [-0.3, -0.25) is 0 Å². The Kier molecular flexibility index (Phi) is 3.80. The van der Waals surface area contributed by atoms with Crippen LogP contribution in [0.3, 0.4) is 0 Å². The fraction of sp³-hybridized carbons (Fsp3) is 0.294. The van der Waals surface area contributed by atoms with Crippen molar-refractivity contribution in [2.45, 2.75) is 19.4 Å². The van der Waals surface area contributed by atoms with Gasteiger partial charge in [0, 0.05) is 12.2 Å². The molecule has 0 spiro atoms. The van der Waals surface area contributed by atoms with Gasteiger partial charge >= 0.3 is 0 Å². The Labute approximate surface area is 114 Å². The SMILES string of the molecule is c1ccc2c(c1)CCN2.c1ccc2c(c1)CCOC2. The lowest BCUT2D eigenvalue weighted by molar-refractivity contribution is 0.111. The minimum absolute atomic E-state index is 0.802. The van der Waals surface area contributed by atoms with Crippen LogP contribution in [0.2, 0.25) is 0 Å². The number of benzene rings is 2. The molecule has 0 radical (unpaired) electrons. The summed E-state index contributed by atoms with van der Waals surface area (Å²) in [7, 11) is 0. The van der Waals surface area contributed by atoms with Crippen molar-refractivity contribution in [1.29, 1.82) is 0 Å². The van der Waals surface area contributed by atoms with Crippen molar-refractivity contribution in [3.05, 3.63) is 65.2 Å². The molecule has 1 N–H and O–H groups in total. The average Bonchev–Trinajstić information content (AvgIpc) is 2.96. The molecule has 2 heterocycles. The molecule has 0 unspecified atom stereocenters. The van der Waals surface area contributed by atoms with Crippen molar-refractivity contribution in [2.75, 3.05) is 18.5 Å². The van der Waals surface area contributed by atoms with Gasteiger partial charge in [0.25, 0.3) is 0 Å². The summed E-state index contributed by atoms with van der Waals surface area (Å²) in [5.74, 6) is 0. The first-order valence-electron chi connectivity index (χ1n) is 6.90. The Hall–Kier alpha value is -1.80. The molecule has 19 heavy (non-hydrogen) atoms. The third-order valence-corrected chi connectivity index (χ3v) is 3.62. The number of hydrogen-bond donors (Lipinski definition) is 1. The van der Waals surface area contributed by atoms with Gasteiger partial charge in [-0.05, 0) is 35.6 Å². The number of para-hydroxylation sites is 1. The van der Waals surface area contributed by atoms with Crippen molar-refractivity contribution < 1.29 is 4.74 Å². The van der Waals surface area contributed by atoms with Crippen LogP contribution in [0.5, 0.6) is 0 Å². The Balaban J connectivity index is 0.000000117. The van der Waals surface area contributed by atoms with Crippen LogP contribution in [0.1, 0.15) is 16.7 Å². The zero-order valence-electron chi connectivity index (χ0n) is 11.1. The Morgan fingerprint density at radius 3 is 2.32 bits per heavy atom. The minimum Gasteiger partial charge on any atom is -0.384 e. The molecule has 0 fully saturated rings. The summed E-state index contributed by atoms with van der Waals surface area (Å²) < 4.78 is 5.30. The minimum atomic E-state index is 0.802. The van der Waals surface area contributed by atoms with Crippen molar-refractivity contribution in [1.82, 2.24) is 0 Å². The first-order valence-corrected chi connectivity index (χ1v) is 6.90. The number of rotatable bonds is 0. The number of nitrogens with one attached hydrogen (secondary N) is 1. The largest absolute Gasteiger partial charge is 0.384 e. The van der Waals surface area contributed by atoms with E-state index >= 15 is 0 Å². The third-order valence-electron chi connectivity index (χ3n) is 3.62. The van der Waals surface area contributed by atoms with E-state index in [4.69, 9.17) is 4.74 Å². The van der Waals surface area contributed by atoms with Crippen LogP contribution in [-0.2, 0) is 24.2 Å². The molecule has 2 heteroatoms. The fourth-order valence-electron chi connectivity index (χ4n) is 2.55. The maximum atomic E-state index is 5.30. The summed E-state index contributed by atoms with van der Waals surface area (Å²) in [6, 6.07) is 16.9. The van der Waals surface area contributed by atoms with E-state index in [2.05, 4.69) is 53.8 Å². The summed E-state index contributed by atoms with van der Waals surface area (Å²) >= 11 is 0. The third kappa shape index (κ3) is 2.96. The smallest absolute Gasteiger partial charge is 0.0719 e. The predicted octanol–water partition coefficient (Wildman–Crippen LogP) is 3.41. The number of hydrogen-bond acceptors (Lipinski definition) is 2. The maximum Gasteiger partial charge on any atom is 0.0719 e. The Bertz CT molecular complexity index is 502. The highest BCUT2D eigenvalue weighted by molar-refractivity contribution is 5.54. The molecule has 0 amide bonds. The summed E-state index contributed by atoms with van der Waals surface area (Å²) in [5, 5.41) is 3.30. The standard InChI is InChI=1S/C9H10O.C8H9N/c1-2-4-9-7-10-6-5-8(9)3-1;1-2-4-8-7(3-1)5-6-9-8/h1-4H,5-7H2;1-4,9H,5-6H2. The maximum absolute atomic E-state index is 5.30. The fourth-order valence-corrected chi connectivity index (χ4v) is 2.55. The van der Waals surface area contributed by atoms with E-state index in [-0.39, 0.29) is 0 Å². The van der Waals surface area contributed by atoms with Gasteiger partial charge in [0.05, 0.1) is 13.2 Å². The van der Waals surface area contributed by atoms with Crippen molar-refractivity contribution >= 4 is 5.69 Å². The van der Waals surface area contributed by atoms with Crippen LogP contribution >= 0.6 is 0 Å². The van der Waals surface area contributed by atoms with Crippen LogP contribution < -0.4 is 5.32 Å². The summed E-state index contributed by atoms with van der Waals surface area (Å²) in [5.41, 5.74) is 5.58. The van der Waals surface area contributed by atoms with Crippen LogP contribution in [0.4, 0.5) is 5.69 Å². The van der Waals surface area contributed by atoms with Crippen LogP contribution in [0.25, 0.3) is 0 Å². The monoisotopic (exact) mass is 253 g/mol. The zero-order chi connectivity index (χ0) is 12.9. The van der Waals surface area contributed by atoms with E-state index < -0.39 is 0 Å². The molecule has 2 aliphatic rings. The molecule has 4 rings (SSSR count). The summed E-state index contributed by atoms with van der Waals surface area (Å²) in [6.07, 6.45) is 2.27. The predicted molar refractivity (Wildman–Crippen MR) is 78.4 cm³/mol. The topological polar surface area (TPSA) is 21.3 Å². The lowest BCUT2D eigenvalue weighted by Crippen LogP contribution is -2.08. The average molecular weight is 253 g/mol. The summed E-state index contributed by atoms with van der Waals surface area (Å²) in [4.78, 5) is 0. The van der Waals surface area contributed by atoms with Gasteiger partial charge in [-0.1, -0.05) is 42.5 Å². The molecule has 0 saturated carbocycles. The molecule has 0 aromatic heterocycles. The van der Waals surface area contributed by atoms with Crippen molar-refractivity contribution in [3.8, 4) is 0 Å². The van der Waals surface area contributed by atoms with Crippen LogP contribution in [0.15, 0.2) is 48.5 Å². The van der Waals surface area contributed by atoms with Gasteiger partial charge in [-0.15, -0.1) is 0 Å². The first kappa shape index (κ1) is 12.2. The van der Waals surface area contributed by atoms with Gasteiger partial charge in [0.2, 0.25) is 0 Å². The second-order valence-electron chi connectivity index (χ2n) is 4.91. The van der Waals surface area contributed by atoms with Crippen LogP contribution in [0, 0.1) is 0 Å². The molecule has 2 nitrogen and oxygen atoms in total. The molecule has 0 atom stereocenters. The molecule has 0 saturated heterocycles. The lowest BCUT2D eigenvalue weighted by Gasteiger charge is -2.14. The zero-order valence-corrected chi connectivity index (χ0v) is 11.1. The molecular weight excluding hydrogens is 234 g/mol. The number of anilines is 1. The van der Waals surface area contributed by atoms with Crippen LogP contribution in [-0.4, -0.2) is 13.2 Å². The Morgan fingerprint density at radius 2 is 1.53 bits per heavy atom. The highest BCUT2D eigenvalue weighted by Gasteiger charge is 2.06. The second kappa shape index (κ2) is 5.89. The van der Waals surface area contributed by atoms with Gasteiger partial charge in [-0.2, -0.15) is 0 Å². The molecule has 0 bridgehead atoms. The Morgan fingerprint density at radius 1 is 0.789 bits per heavy atom. The molecule has 0 aliphatic carbocycles. The molecule has 98 valence electrons. The van der Waals surface area contributed by atoms with E-state index in [1.54, 1.807) is 0 Å². The number of ether oxygens (including phenoxy) is 1. The van der Waals surface area contributed by atoms with E-state index in [0.717, 1.165) is 26.2 Å². The van der Waals surface area contributed by atoms with E-state index in [0.29, 0.717) is 0 Å². The van der Waals surface area contributed by atoms with E-state index in [9.17, 15) is 0 Å². The van der Waals surface area contributed by atoms with Gasteiger partial charge in [0.15, 0.2) is 0 Å². The highest BCUT2D eigenvalue weighted by Crippen LogP contribution is 2.20.